The Balaban J connectivity index is 1.53. The number of aliphatic hydroxyl groups is 1. The largest absolute Gasteiger partial charge is 0.376 e. The molecule has 0 spiro atoms. The van der Waals surface area contributed by atoms with Crippen LogP contribution in [0, 0.1) is 11.3 Å². The standard InChI is InChI=1S/C26H29ClN4O/c1-26(22-10-11-22,23-8-2-6-20(15-23)21-7-3-9-24(27)16-21)30-25(28)31(18-32)14-12-19-5-4-13-29-17-19/h2-9,13,15-17,22,32H,10-12,14,18H2,1H3,(H2,28,30). The summed E-state index contributed by atoms with van der Waals surface area (Å²) in [6, 6.07) is 20.2. The lowest BCUT2D eigenvalue weighted by Gasteiger charge is -2.36. The fourth-order valence-corrected chi connectivity index (χ4v) is 4.34. The van der Waals surface area contributed by atoms with E-state index in [-0.39, 0.29) is 12.7 Å². The number of hydrogen-bond donors (Lipinski definition) is 3. The van der Waals surface area contributed by atoms with E-state index < -0.39 is 5.54 Å². The second kappa shape index (κ2) is 9.72. The smallest absolute Gasteiger partial charge is 0.193 e. The van der Waals surface area contributed by atoms with E-state index in [4.69, 9.17) is 17.0 Å². The molecule has 3 aromatic rings. The maximum absolute atomic E-state index is 9.93. The molecule has 0 amide bonds. The van der Waals surface area contributed by atoms with E-state index in [1.807, 2.05) is 36.5 Å². The van der Waals surface area contributed by atoms with Crippen LogP contribution >= 0.6 is 11.6 Å². The Morgan fingerprint density at radius 2 is 1.91 bits per heavy atom. The molecule has 0 saturated heterocycles. The van der Waals surface area contributed by atoms with Gasteiger partial charge in [-0.2, -0.15) is 0 Å². The van der Waals surface area contributed by atoms with Crippen molar-refractivity contribution >= 4 is 17.6 Å². The highest BCUT2D eigenvalue weighted by Crippen LogP contribution is 2.46. The van der Waals surface area contributed by atoms with Gasteiger partial charge in [0.05, 0.1) is 5.54 Å². The van der Waals surface area contributed by atoms with Gasteiger partial charge >= 0.3 is 0 Å². The van der Waals surface area contributed by atoms with Crippen molar-refractivity contribution < 1.29 is 5.11 Å². The van der Waals surface area contributed by atoms with E-state index in [0.29, 0.717) is 23.9 Å². The average molecular weight is 449 g/mol. The molecule has 0 aliphatic heterocycles. The Labute approximate surface area is 194 Å². The lowest BCUT2D eigenvalue weighted by molar-refractivity contribution is 0.161. The Morgan fingerprint density at radius 1 is 1.16 bits per heavy atom. The summed E-state index contributed by atoms with van der Waals surface area (Å²) >= 11 is 6.20. The molecule has 3 N–H and O–H groups in total. The maximum atomic E-state index is 9.93. The summed E-state index contributed by atoms with van der Waals surface area (Å²) in [5.74, 6) is 0.676. The van der Waals surface area contributed by atoms with Crippen LogP contribution in [0.3, 0.4) is 0 Å². The SMILES string of the molecule is CC(NC(=N)N(CO)CCc1cccnc1)(c1cccc(-c2cccc(Cl)c2)c1)C1CC1. The van der Waals surface area contributed by atoms with Crippen LogP contribution in [0.2, 0.25) is 5.02 Å². The Morgan fingerprint density at radius 3 is 2.56 bits per heavy atom. The molecule has 1 atom stereocenters. The summed E-state index contributed by atoms with van der Waals surface area (Å²) in [4.78, 5) is 5.81. The zero-order chi connectivity index (χ0) is 22.6. The molecule has 6 heteroatoms. The summed E-state index contributed by atoms with van der Waals surface area (Å²) in [5.41, 5.74) is 3.99. The number of benzene rings is 2. The zero-order valence-electron chi connectivity index (χ0n) is 18.3. The molecule has 32 heavy (non-hydrogen) atoms. The lowest BCUT2D eigenvalue weighted by atomic mass is 9.85. The van der Waals surface area contributed by atoms with Gasteiger partial charge in [0.25, 0.3) is 0 Å². The molecule has 5 nitrogen and oxygen atoms in total. The topological polar surface area (TPSA) is 72.2 Å². The summed E-state index contributed by atoms with van der Waals surface area (Å²) in [6.07, 6.45) is 6.51. The quantitative estimate of drug-likeness (QED) is 0.256. The minimum atomic E-state index is -0.395. The molecule has 1 aromatic heterocycles. The van der Waals surface area contributed by atoms with Crippen LogP contribution in [0.1, 0.15) is 30.9 Å². The predicted octanol–water partition coefficient (Wildman–Crippen LogP) is 5.05. The molecule has 2 aromatic carbocycles. The number of guanidine groups is 1. The van der Waals surface area contributed by atoms with Crippen LogP contribution in [-0.2, 0) is 12.0 Å². The second-order valence-electron chi connectivity index (χ2n) is 8.56. The maximum Gasteiger partial charge on any atom is 0.193 e. The number of halogens is 1. The summed E-state index contributed by atoms with van der Waals surface area (Å²) in [6.45, 7) is 2.49. The number of nitrogens with one attached hydrogen (secondary N) is 2. The van der Waals surface area contributed by atoms with E-state index in [9.17, 15) is 5.11 Å². The number of nitrogens with zero attached hydrogens (tertiary/aromatic N) is 2. The fourth-order valence-electron chi connectivity index (χ4n) is 4.15. The van der Waals surface area contributed by atoms with Gasteiger partial charge in [0.1, 0.15) is 6.73 Å². The highest BCUT2D eigenvalue weighted by atomic mass is 35.5. The number of aliphatic hydroxyl groups excluding tert-OH is 1. The van der Waals surface area contributed by atoms with Gasteiger partial charge in [-0.25, -0.2) is 0 Å². The molecule has 1 fully saturated rings. The van der Waals surface area contributed by atoms with Gasteiger partial charge in [-0.3, -0.25) is 10.4 Å². The highest BCUT2D eigenvalue weighted by molar-refractivity contribution is 6.30. The van der Waals surface area contributed by atoms with E-state index in [1.54, 1.807) is 11.1 Å². The first-order chi connectivity index (χ1) is 15.5. The van der Waals surface area contributed by atoms with Gasteiger partial charge < -0.3 is 15.3 Å². The number of hydrogen-bond acceptors (Lipinski definition) is 3. The monoisotopic (exact) mass is 448 g/mol. The van der Waals surface area contributed by atoms with Crippen molar-refractivity contribution in [2.24, 2.45) is 5.92 Å². The Kier molecular flexibility index (Phi) is 6.77. The van der Waals surface area contributed by atoms with Crippen molar-refractivity contribution in [3.63, 3.8) is 0 Å². The molecule has 166 valence electrons. The van der Waals surface area contributed by atoms with Crippen LogP contribution in [0.25, 0.3) is 11.1 Å². The first-order valence-electron chi connectivity index (χ1n) is 11.0. The normalized spacial score (nSPS) is 15.1. The van der Waals surface area contributed by atoms with Gasteiger partial charge in [0.15, 0.2) is 5.96 Å². The molecule has 1 aliphatic rings. The highest BCUT2D eigenvalue weighted by Gasteiger charge is 2.44. The molecule has 1 aliphatic carbocycles. The van der Waals surface area contributed by atoms with Crippen LogP contribution < -0.4 is 5.32 Å². The third-order valence-corrected chi connectivity index (χ3v) is 6.51. The van der Waals surface area contributed by atoms with Crippen molar-refractivity contribution in [3.8, 4) is 11.1 Å². The van der Waals surface area contributed by atoms with Gasteiger partial charge in [-0.1, -0.05) is 48.0 Å². The van der Waals surface area contributed by atoms with E-state index in [2.05, 4.69) is 47.6 Å². The Hall–Kier alpha value is -2.89. The third-order valence-electron chi connectivity index (χ3n) is 6.27. The average Bonchev–Trinajstić information content (AvgIpc) is 3.66. The number of aromatic nitrogens is 1. The van der Waals surface area contributed by atoms with Gasteiger partial charge in [-0.05, 0) is 78.6 Å². The minimum Gasteiger partial charge on any atom is -0.376 e. The second-order valence-corrected chi connectivity index (χ2v) is 8.99. The minimum absolute atomic E-state index is 0.213. The molecule has 0 bridgehead atoms. The van der Waals surface area contributed by atoms with Crippen molar-refractivity contribution in [2.75, 3.05) is 13.3 Å². The fraction of sp³-hybridized carbons (Fsp3) is 0.308. The molecular formula is C26H29ClN4O. The van der Waals surface area contributed by atoms with E-state index in [1.165, 1.54) is 0 Å². The van der Waals surface area contributed by atoms with E-state index in [0.717, 1.165) is 35.1 Å². The first-order valence-corrected chi connectivity index (χ1v) is 11.4. The van der Waals surface area contributed by atoms with Crippen LogP contribution in [-0.4, -0.2) is 34.2 Å². The summed E-state index contributed by atoms with van der Waals surface area (Å²) < 4.78 is 0. The first kappa shape index (κ1) is 22.3. The predicted molar refractivity (Wildman–Crippen MR) is 130 cm³/mol. The van der Waals surface area contributed by atoms with Gasteiger partial charge in [0.2, 0.25) is 0 Å². The lowest BCUT2D eigenvalue weighted by Crippen LogP contribution is -2.52. The summed E-state index contributed by atoms with van der Waals surface area (Å²) in [7, 11) is 0. The van der Waals surface area contributed by atoms with Gasteiger partial charge in [-0.15, -0.1) is 0 Å². The Bertz CT molecular complexity index is 1070. The zero-order valence-corrected chi connectivity index (χ0v) is 19.0. The van der Waals surface area contributed by atoms with Crippen molar-refractivity contribution in [1.29, 1.82) is 5.41 Å². The van der Waals surface area contributed by atoms with Gasteiger partial charge in [0, 0.05) is 24.0 Å². The molecule has 4 rings (SSSR count). The molecule has 1 saturated carbocycles. The van der Waals surface area contributed by atoms with Crippen molar-refractivity contribution in [3.05, 3.63) is 89.2 Å². The molecular weight excluding hydrogens is 420 g/mol. The molecule has 0 radical (unpaired) electrons. The van der Waals surface area contributed by atoms with Crippen LogP contribution in [0.5, 0.6) is 0 Å². The van der Waals surface area contributed by atoms with Crippen molar-refractivity contribution in [2.45, 2.75) is 31.7 Å². The summed E-state index contributed by atoms with van der Waals surface area (Å²) in [5, 5.41) is 22.8. The third kappa shape index (κ3) is 5.12. The van der Waals surface area contributed by atoms with Crippen molar-refractivity contribution in [1.82, 2.24) is 15.2 Å². The van der Waals surface area contributed by atoms with Crippen LogP contribution in [0.4, 0.5) is 0 Å². The number of pyridine rings is 1. The molecule has 1 heterocycles. The van der Waals surface area contributed by atoms with E-state index >= 15 is 0 Å². The molecule has 1 unspecified atom stereocenters. The number of rotatable bonds is 8. The van der Waals surface area contributed by atoms with Crippen LogP contribution in [0.15, 0.2) is 73.1 Å².